The van der Waals surface area contributed by atoms with Crippen molar-refractivity contribution in [3.8, 4) is 17.6 Å². The van der Waals surface area contributed by atoms with Gasteiger partial charge >= 0.3 is 5.97 Å². The van der Waals surface area contributed by atoms with Crippen LogP contribution in [0, 0.1) is 11.3 Å². The number of hydrogen-bond acceptors (Lipinski definition) is 5. The Balaban J connectivity index is 1.92. The highest BCUT2D eigenvalue weighted by Crippen LogP contribution is 2.17. The van der Waals surface area contributed by atoms with Crippen LogP contribution >= 0.6 is 0 Å². The molecule has 0 radical (unpaired) electrons. The maximum absolute atomic E-state index is 11.8. The van der Waals surface area contributed by atoms with Crippen LogP contribution in [0.15, 0.2) is 48.5 Å². The van der Waals surface area contributed by atoms with Gasteiger partial charge in [0.15, 0.2) is 12.4 Å². The Morgan fingerprint density at radius 3 is 2.43 bits per heavy atom. The Morgan fingerprint density at radius 1 is 1.09 bits per heavy atom. The second-order valence-electron chi connectivity index (χ2n) is 4.67. The Kier molecular flexibility index (Phi) is 5.48. The molecule has 0 N–H and O–H groups in total. The maximum Gasteiger partial charge on any atom is 0.349 e. The molecule has 0 aliphatic carbocycles. The molecule has 0 saturated carbocycles. The number of Topliss-reactive ketones (excluding diaryl/α,β-unsaturated/α-hetero) is 1. The lowest BCUT2D eigenvalue weighted by molar-refractivity contribution is -0.136. The van der Waals surface area contributed by atoms with E-state index in [4.69, 9.17) is 14.7 Å². The molecular weight excluding hydrogens is 294 g/mol. The first-order valence-electron chi connectivity index (χ1n) is 7.10. The minimum atomic E-state index is -0.590. The van der Waals surface area contributed by atoms with Crippen molar-refractivity contribution in [3.05, 3.63) is 59.7 Å². The van der Waals surface area contributed by atoms with Crippen LogP contribution in [0.3, 0.4) is 0 Å². The van der Waals surface area contributed by atoms with Crippen LogP contribution < -0.4 is 9.47 Å². The van der Waals surface area contributed by atoms with E-state index in [1.54, 1.807) is 55.5 Å². The van der Waals surface area contributed by atoms with Crippen LogP contribution in [-0.2, 0) is 4.79 Å². The van der Waals surface area contributed by atoms with E-state index in [2.05, 4.69) is 0 Å². The first kappa shape index (κ1) is 16.2. The van der Waals surface area contributed by atoms with E-state index in [-0.39, 0.29) is 12.4 Å². The average Bonchev–Trinajstić information content (AvgIpc) is 2.60. The van der Waals surface area contributed by atoms with Crippen molar-refractivity contribution in [3.63, 3.8) is 0 Å². The van der Waals surface area contributed by atoms with E-state index in [0.29, 0.717) is 29.0 Å². The van der Waals surface area contributed by atoms with Gasteiger partial charge in [-0.05, 0) is 36.4 Å². The molecule has 0 aliphatic heterocycles. The Labute approximate surface area is 134 Å². The molecule has 0 spiro atoms. The predicted octanol–water partition coefficient (Wildman–Crippen LogP) is 3.14. The van der Waals surface area contributed by atoms with Crippen molar-refractivity contribution >= 4 is 11.8 Å². The summed E-state index contributed by atoms with van der Waals surface area (Å²) in [6.07, 6.45) is 0.422. The molecule has 2 aromatic carbocycles. The largest absolute Gasteiger partial charge is 0.481 e. The van der Waals surface area contributed by atoms with E-state index >= 15 is 0 Å². The number of nitrogens with zero attached hydrogens (tertiary/aromatic N) is 1. The second kappa shape index (κ2) is 7.76. The number of benzene rings is 2. The van der Waals surface area contributed by atoms with Crippen LogP contribution in [-0.4, -0.2) is 18.4 Å². The SMILES string of the molecule is CCC(=O)c1ccc(OC(=O)COc2ccccc2C#N)cc1. The smallest absolute Gasteiger partial charge is 0.349 e. The Morgan fingerprint density at radius 2 is 1.78 bits per heavy atom. The lowest BCUT2D eigenvalue weighted by atomic mass is 10.1. The van der Waals surface area contributed by atoms with Gasteiger partial charge in [0, 0.05) is 12.0 Å². The highest BCUT2D eigenvalue weighted by atomic mass is 16.6. The highest BCUT2D eigenvalue weighted by molar-refractivity contribution is 5.95. The van der Waals surface area contributed by atoms with Gasteiger partial charge in [0.25, 0.3) is 0 Å². The molecule has 0 aromatic heterocycles. The molecule has 0 atom stereocenters. The van der Waals surface area contributed by atoms with Gasteiger partial charge < -0.3 is 9.47 Å². The van der Waals surface area contributed by atoms with Crippen molar-refractivity contribution in [2.75, 3.05) is 6.61 Å². The van der Waals surface area contributed by atoms with E-state index in [0.717, 1.165) is 0 Å². The summed E-state index contributed by atoms with van der Waals surface area (Å²) in [5.74, 6) is 0.0993. The topological polar surface area (TPSA) is 76.4 Å². The van der Waals surface area contributed by atoms with Gasteiger partial charge in [-0.3, -0.25) is 4.79 Å². The summed E-state index contributed by atoms with van der Waals surface area (Å²) in [5.41, 5.74) is 0.925. The van der Waals surface area contributed by atoms with Gasteiger partial charge in [-0.2, -0.15) is 5.26 Å². The summed E-state index contributed by atoms with van der Waals surface area (Å²) in [5, 5.41) is 8.94. The molecule has 0 fully saturated rings. The summed E-state index contributed by atoms with van der Waals surface area (Å²) in [4.78, 5) is 23.3. The molecule has 5 heteroatoms. The molecule has 23 heavy (non-hydrogen) atoms. The van der Waals surface area contributed by atoms with Crippen molar-refractivity contribution < 1.29 is 19.1 Å². The lowest BCUT2D eigenvalue weighted by Gasteiger charge is -2.08. The third kappa shape index (κ3) is 4.42. The molecule has 2 rings (SSSR count). The zero-order valence-electron chi connectivity index (χ0n) is 12.6. The number of carbonyl (C=O) groups excluding carboxylic acids is 2. The quantitative estimate of drug-likeness (QED) is 0.465. The van der Waals surface area contributed by atoms with Crippen molar-refractivity contribution in [1.82, 2.24) is 0 Å². The Hall–Kier alpha value is -3.13. The van der Waals surface area contributed by atoms with Crippen LogP contribution in [0.1, 0.15) is 29.3 Å². The number of nitriles is 1. The number of ether oxygens (including phenoxy) is 2. The van der Waals surface area contributed by atoms with Gasteiger partial charge in [0.1, 0.15) is 17.6 Å². The second-order valence-corrected chi connectivity index (χ2v) is 4.67. The molecule has 5 nitrogen and oxygen atoms in total. The molecule has 2 aromatic rings. The summed E-state index contributed by atoms with van der Waals surface area (Å²) < 4.78 is 10.4. The lowest BCUT2D eigenvalue weighted by Crippen LogP contribution is -2.18. The van der Waals surface area contributed by atoms with Crippen LogP contribution in [0.5, 0.6) is 11.5 Å². The summed E-state index contributed by atoms with van der Waals surface area (Å²) in [6, 6.07) is 15.0. The zero-order valence-corrected chi connectivity index (χ0v) is 12.6. The number of carbonyl (C=O) groups is 2. The zero-order chi connectivity index (χ0) is 16.7. The van der Waals surface area contributed by atoms with Crippen LogP contribution in [0.2, 0.25) is 0 Å². The van der Waals surface area contributed by atoms with Gasteiger partial charge in [-0.1, -0.05) is 19.1 Å². The molecule has 0 amide bonds. The number of ketones is 1. The standard InChI is InChI=1S/C18H15NO4/c1-2-16(20)13-7-9-15(10-8-13)23-18(21)12-22-17-6-4-3-5-14(17)11-19/h3-10H,2,12H2,1H3. The number of esters is 1. The van der Waals surface area contributed by atoms with E-state index in [1.165, 1.54) is 0 Å². The molecule has 0 unspecified atom stereocenters. The van der Waals surface area contributed by atoms with Crippen LogP contribution in [0.4, 0.5) is 0 Å². The fourth-order valence-corrected chi connectivity index (χ4v) is 1.90. The third-order valence-electron chi connectivity index (χ3n) is 3.08. The monoisotopic (exact) mass is 309 g/mol. The van der Waals surface area contributed by atoms with E-state index in [9.17, 15) is 9.59 Å². The molecule has 116 valence electrons. The first-order chi connectivity index (χ1) is 11.1. The third-order valence-corrected chi connectivity index (χ3v) is 3.08. The summed E-state index contributed by atoms with van der Waals surface area (Å²) >= 11 is 0. The Bertz CT molecular complexity index is 744. The normalized spacial score (nSPS) is 9.74. The van der Waals surface area contributed by atoms with Crippen molar-refractivity contribution in [2.24, 2.45) is 0 Å². The fraction of sp³-hybridized carbons (Fsp3) is 0.167. The fourth-order valence-electron chi connectivity index (χ4n) is 1.90. The summed E-state index contributed by atoms with van der Waals surface area (Å²) in [7, 11) is 0. The minimum absolute atomic E-state index is 0.0271. The average molecular weight is 309 g/mol. The molecule has 0 heterocycles. The number of para-hydroxylation sites is 1. The molecular formula is C18H15NO4. The molecule has 0 saturated heterocycles. The van der Waals surface area contributed by atoms with Gasteiger partial charge in [0.2, 0.25) is 0 Å². The van der Waals surface area contributed by atoms with Gasteiger partial charge in [0.05, 0.1) is 5.56 Å². The van der Waals surface area contributed by atoms with E-state index < -0.39 is 5.97 Å². The van der Waals surface area contributed by atoms with Crippen LogP contribution in [0.25, 0.3) is 0 Å². The van der Waals surface area contributed by atoms with Crippen molar-refractivity contribution in [2.45, 2.75) is 13.3 Å². The minimum Gasteiger partial charge on any atom is -0.481 e. The maximum atomic E-state index is 11.8. The first-order valence-corrected chi connectivity index (χ1v) is 7.10. The van der Waals surface area contributed by atoms with Gasteiger partial charge in [-0.25, -0.2) is 4.79 Å². The highest BCUT2D eigenvalue weighted by Gasteiger charge is 2.09. The van der Waals surface area contributed by atoms with Crippen molar-refractivity contribution in [1.29, 1.82) is 5.26 Å². The van der Waals surface area contributed by atoms with Gasteiger partial charge in [-0.15, -0.1) is 0 Å². The predicted molar refractivity (Wildman–Crippen MR) is 83.4 cm³/mol. The number of hydrogen-bond donors (Lipinski definition) is 0. The molecule has 0 aliphatic rings. The number of rotatable bonds is 6. The molecule has 0 bridgehead atoms. The van der Waals surface area contributed by atoms with E-state index in [1.807, 2.05) is 6.07 Å². The summed E-state index contributed by atoms with van der Waals surface area (Å²) in [6.45, 7) is 1.47.